The first kappa shape index (κ1) is 21.2. The molecule has 2 heterocycles. The Kier molecular flexibility index (Phi) is 6.15. The van der Waals surface area contributed by atoms with Crippen LogP contribution in [0.2, 0.25) is 5.28 Å². The molecule has 31 heavy (non-hydrogen) atoms. The fourth-order valence-electron chi connectivity index (χ4n) is 3.21. The number of hydrogen-bond acceptors (Lipinski definition) is 5. The minimum absolute atomic E-state index is 0.134. The summed E-state index contributed by atoms with van der Waals surface area (Å²) < 4.78 is 27.9. The number of rotatable bonds is 6. The monoisotopic (exact) mass is 455 g/mol. The van der Waals surface area contributed by atoms with E-state index in [-0.39, 0.29) is 11.7 Å². The third-order valence-electron chi connectivity index (χ3n) is 4.64. The van der Waals surface area contributed by atoms with E-state index in [1.165, 1.54) is 17.4 Å². The van der Waals surface area contributed by atoms with Gasteiger partial charge in [0.2, 0.25) is 5.28 Å². The van der Waals surface area contributed by atoms with Crippen LogP contribution in [-0.4, -0.2) is 20.7 Å². The lowest BCUT2D eigenvalue weighted by molar-refractivity contribution is 0.0985. The zero-order valence-electron chi connectivity index (χ0n) is 16.4. The molecule has 4 aromatic rings. The van der Waals surface area contributed by atoms with Gasteiger partial charge in [-0.3, -0.25) is 4.79 Å². The van der Waals surface area contributed by atoms with E-state index < -0.39 is 23.0 Å². The summed E-state index contributed by atoms with van der Waals surface area (Å²) in [7, 11) is 0. The topological polar surface area (TPSA) is 55.7 Å². The van der Waals surface area contributed by atoms with Crippen molar-refractivity contribution >= 4 is 28.7 Å². The van der Waals surface area contributed by atoms with Crippen molar-refractivity contribution in [2.24, 2.45) is 0 Å². The molecule has 0 aliphatic rings. The predicted octanol–water partition coefficient (Wildman–Crippen LogP) is 6.19. The normalized spacial score (nSPS) is 11.0. The number of aryl methyl sites for hydroxylation is 1. The van der Waals surface area contributed by atoms with Crippen molar-refractivity contribution in [3.63, 3.8) is 0 Å². The number of hydrogen-bond donors (Lipinski definition) is 0. The number of aromatic nitrogens is 3. The molecule has 0 bridgehead atoms. The van der Waals surface area contributed by atoms with Crippen LogP contribution in [0.5, 0.6) is 0 Å². The number of Topliss-reactive ketones (excluding diaryl/α,β-unsaturated/α-hetero) is 1. The van der Waals surface area contributed by atoms with Gasteiger partial charge in [0.25, 0.3) is 0 Å². The Morgan fingerprint density at radius 1 is 1.06 bits per heavy atom. The minimum atomic E-state index is -0.865. The van der Waals surface area contributed by atoms with Crippen molar-refractivity contribution in [3.8, 4) is 21.8 Å². The van der Waals surface area contributed by atoms with Gasteiger partial charge in [-0.05, 0) is 47.9 Å². The van der Waals surface area contributed by atoms with Crippen LogP contribution in [0, 0.1) is 11.6 Å². The lowest BCUT2D eigenvalue weighted by Crippen LogP contribution is -2.09. The van der Waals surface area contributed by atoms with Crippen LogP contribution in [0.3, 0.4) is 0 Å². The molecular formula is C23H16ClF2N3OS. The van der Waals surface area contributed by atoms with Crippen LogP contribution < -0.4 is 0 Å². The Morgan fingerprint density at radius 2 is 1.81 bits per heavy atom. The largest absolute Gasteiger partial charge is 0.294 e. The molecule has 2 aromatic carbocycles. The van der Waals surface area contributed by atoms with Crippen molar-refractivity contribution in [1.29, 1.82) is 0 Å². The van der Waals surface area contributed by atoms with Crippen molar-refractivity contribution in [2.75, 3.05) is 0 Å². The lowest BCUT2D eigenvalue weighted by atomic mass is 9.99. The maximum absolute atomic E-state index is 14.0. The number of thiazole rings is 1. The molecule has 0 aliphatic heterocycles. The second kappa shape index (κ2) is 8.99. The van der Waals surface area contributed by atoms with Gasteiger partial charge in [-0.1, -0.05) is 31.2 Å². The quantitative estimate of drug-likeness (QED) is 0.257. The fraction of sp³-hybridized carbons (Fsp3) is 0.130. The smallest absolute Gasteiger partial charge is 0.222 e. The predicted molar refractivity (Wildman–Crippen MR) is 117 cm³/mol. The van der Waals surface area contributed by atoms with Crippen LogP contribution in [0.15, 0.2) is 54.7 Å². The second-order valence-electron chi connectivity index (χ2n) is 6.75. The third-order valence-corrected chi connectivity index (χ3v) is 6.04. The van der Waals surface area contributed by atoms with Gasteiger partial charge in [-0.15, -0.1) is 11.3 Å². The Bertz CT molecular complexity index is 1260. The molecule has 0 saturated heterocycles. The van der Waals surface area contributed by atoms with E-state index in [0.29, 0.717) is 17.0 Å². The van der Waals surface area contributed by atoms with Crippen molar-refractivity contribution in [1.82, 2.24) is 15.0 Å². The number of carbonyl (C=O) groups is 1. The summed E-state index contributed by atoms with van der Waals surface area (Å²) in [5, 5.41) is 1.07. The number of nitrogens with zero attached hydrogens (tertiary/aromatic N) is 3. The SMILES string of the molecule is CCc1nc(-c2cccc(CC(=O)c3c(F)cccc3F)c2)c(-c2ccnc(Cl)n2)s1. The minimum Gasteiger partial charge on any atom is -0.294 e. The molecule has 4 nitrogen and oxygen atoms in total. The molecule has 156 valence electrons. The second-order valence-corrected chi connectivity index (χ2v) is 8.17. The van der Waals surface area contributed by atoms with Gasteiger partial charge in [-0.2, -0.15) is 0 Å². The van der Waals surface area contributed by atoms with Crippen molar-refractivity contribution in [2.45, 2.75) is 19.8 Å². The molecule has 0 unspecified atom stereocenters. The molecule has 2 aromatic heterocycles. The van der Waals surface area contributed by atoms with Gasteiger partial charge in [0, 0.05) is 18.2 Å². The summed E-state index contributed by atoms with van der Waals surface area (Å²) in [6, 6.07) is 12.4. The van der Waals surface area contributed by atoms with E-state index in [1.54, 1.807) is 30.5 Å². The van der Waals surface area contributed by atoms with Gasteiger partial charge in [0.15, 0.2) is 5.78 Å². The van der Waals surface area contributed by atoms with Gasteiger partial charge < -0.3 is 0 Å². The molecule has 0 N–H and O–H groups in total. The number of ketones is 1. The van der Waals surface area contributed by atoms with E-state index in [4.69, 9.17) is 16.6 Å². The average molecular weight is 456 g/mol. The van der Waals surface area contributed by atoms with E-state index in [0.717, 1.165) is 34.0 Å². The zero-order chi connectivity index (χ0) is 22.0. The van der Waals surface area contributed by atoms with Crippen molar-refractivity contribution < 1.29 is 13.6 Å². The molecule has 0 fully saturated rings. The summed E-state index contributed by atoms with van der Waals surface area (Å²) in [6.07, 6.45) is 2.20. The average Bonchev–Trinajstić information content (AvgIpc) is 3.18. The highest BCUT2D eigenvalue weighted by Gasteiger charge is 2.19. The highest BCUT2D eigenvalue weighted by molar-refractivity contribution is 7.15. The van der Waals surface area contributed by atoms with Crippen LogP contribution in [0.4, 0.5) is 8.78 Å². The van der Waals surface area contributed by atoms with Crippen LogP contribution >= 0.6 is 22.9 Å². The molecule has 8 heteroatoms. The van der Waals surface area contributed by atoms with Gasteiger partial charge in [0.1, 0.15) is 11.6 Å². The maximum Gasteiger partial charge on any atom is 0.222 e. The Morgan fingerprint density at radius 3 is 2.52 bits per heavy atom. The number of carbonyl (C=O) groups excluding carboxylic acids is 1. The van der Waals surface area contributed by atoms with E-state index in [1.807, 2.05) is 13.0 Å². The van der Waals surface area contributed by atoms with E-state index in [9.17, 15) is 13.6 Å². The summed E-state index contributed by atoms with van der Waals surface area (Å²) >= 11 is 7.47. The lowest BCUT2D eigenvalue weighted by Gasteiger charge is -2.07. The van der Waals surface area contributed by atoms with Crippen molar-refractivity contribution in [3.05, 3.63) is 87.8 Å². The first-order valence-corrected chi connectivity index (χ1v) is 10.7. The first-order valence-electron chi connectivity index (χ1n) is 9.51. The van der Waals surface area contributed by atoms with Crippen LogP contribution in [-0.2, 0) is 12.8 Å². The van der Waals surface area contributed by atoms with Gasteiger partial charge in [0.05, 0.1) is 26.8 Å². The molecule has 0 radical (unpaired) electrons. The Balaban J connectivity index is 1.71. The third kappa shape index (κ3) is 4.52. The summed E-state index contributed by atoms with van der Waals surface area (Å²) in [5.41, 5.74) is 2.25. The fourth-order valence-corrected chi connectivity index (χ4v) is 4.36. The van der Waals surface area contributed by atoms with Crippen LogP contribution in [0.25, 0.3) is 21.8 Å². The molecule has 0 amide bonds. The molecule has 0 saturated carbocycles. The molecule has 0 spiro atoms. The van der Waals surface area contributed by atoms with Gasteiger partial charge >= 0.3 is 0 Å². The summed E-state index contributed by atoms with van der Waals surface area (Å²) in [4.78, 5) is 26.3. The Hall–Kier alpha value is -3.03. The molecular weight excluding hydrogens is 440 g/mol. The summed E-state index contributed by atoms with van der Waals surface area (Å²) in [6.45, 7) is 2.01. The maximum atomic E-state index is 14.0. The molecule has 0 aliphatic carbocycles. The van der Waals surface area contributed by atoms with Gasteiger partial charge in [-0.25, -0.2) is 23.7 Å². The zero-order valence-corrected chi connectivity index (χ0v) is 18.0. The van der Waals surface area contributed by atoms with E-state index >= 15 is 0 Å². The molecule has 4 rings (SSSR count). The molecule has 0 atom stereocenters. The first-order chi connectivity index (χ1) is 15.0. The highest BCUT2D eigenvalue weighted by atomic mass is 35.5. The van der Waals surface area contributed by atoms with Crippen LogP contribution in [0.1, 0.15) is 27.9 Å². The number of halogens is 3. The highest BCUT2D eigenvalue weighted by Crippen LogP contribution is 2.36. The summed E-state index contributed by atoms with van der Waals surface area (Å²) in [5.74, 6) is -2.35. The number of benzene rings is 2. The van der Waals surface area contributed by atoms with E-state index in [2.05, 4.69) is 9.97 Å². The Labute approximate surface area is 186 Å². The standard InChI is InChI=1S/C23H16ClF2N3OS/c1-2-19-29-21(22(31-19)17-9-10-27-23(24)28-17)14-6-3-5-13(11-14)12-18(30)20-15(25)7-4-8-16(20)26/h3-11H,2,12H2,1H3.